The van der Waals surface area contributed by atoms with Crippen molar-refractivity contribution in [3.05, 3.63) is 102 Å². The molecule has 1 heterocycles. The smallest absolute Gasteiger partial charge is 0.310 e. The fourth-order valence-electron chi connectivity index (χ4n) is 5.04. The van der Waals surface area contributed by atoms with E-state index >= 15 is 0 Å². The van der Waals surface area contributed by atoms with Gasteiger partial charge in [-0.05, 0) is 79.3 Å². The van der Waals surface area contributed by atoms with E-state index in [-0.39, 0.29) is 18.3 Å². The highest BCUT2D eigenvalue weighted by Crippen LogP contribution is 2.36. The third-order valence-corrected chi connectivity index (χ3v) is 7.24. The van der Waals surface area contributed by atoms with Gasteiger partial charge in [0.25, 0.3) is 0 Å². The molecule has 0 atom stereocenters. The van der Waals surface area contributed by atoms with E-state index < -0.39 is 0 Å². The van der Waals surface area contributed by atoms with Crippen LogP contribution < -0.4 is 9.47 Å². The largest absolute Gasteiger partial charge is 0.496 e. The third kappa shape index (κ3) is 8.44. The molecule has 7 heteroatoms. The zero-order valence-electron chi connectivity index (χ0n) is 25.5. The highest BCUT2D eigenvalue weighted by molar-refractivity contribution is 5.81. The Kier molecular flexibility index (Phi) is 11.3. The van der Waals surface area contributed by atoms with E-state index in [1.807, 2.05) is 85.5 Å². The van der Waals surface area contributed by atoms with Crippen LogP contribution in [0.3, 0.4) is 0 Å². The fraction of sp³-hybridized carbons (Fsp3) is 0.306. The molecule has 3 aromatic carbocycles. The highest BCUT2D eigenvalue weighted by Gasteiger charge is 2.19. The van der Waals surface area contributed by atoms with Crippen LogP contribution in [0, 0.1) is 0 Å². The molecule has 0 fully saturated rings. The lowest BCUT2D eigenvalue weighted by Crippen LogP contribution is -2.30. The van der Waals surface area contributed by atoms with E-state index in [1.54, 1.807) is 20.2 Å². The number of nitrogens with zero attached hydrogens (tertiary/aromatic N) is 2. The monoisotopic (exact) mass is 580 g/mol. The van der Waals surface area contributed by atoms with Crippen molar-refractivity contribution in [1.82, 2.24) is 9.88 Å². The average molecular weight is 581 g/mol. The molecule has 0 aliphatic rings. The molecule has 4 rings (SSSR count). The van der Waals surface area contributed by atoms with Crippen molar-refractivity contribution in [3.63, 3.8) is 0 Å². The van der Waals surface area contributed by atoms with E-state index in [0.29, 0.717) is 50.8 Å². The van der Waals surface area contributed by atoms with Gasteiger partial charge < -0.3 is 19.1 Å². The van der Waals surface area contributed by atoms with Crippen molar-refractivity contribution >= 4 is 11.9 Å². The molecular formula is C36H40N2O5. The molecule has 0 spiro atoms. The number of rotatable bonds is 14. The topological polar surface area (TPSA) is 78.0 Å². The van der Waals surface area contributed by atoms with Crippen molar-refractivity contribution in [3.8, 4) is 33.9 Å². The number of methoxy groups -OCH3 is 1. The quantitative estimate of drug-likeness (QED) is 0.151. The van der Waals surface area contributed by atoms with Crippen molar-refractivity contribution in [2.75, 3.05) is 26.9 Å². The molecule has 0 aliphatic carbocycles. The molecule has 0 saturated carbocycles. The number of aryl methyl sites for hydroxylation is 1. The molecule has 0 radical (unpaired) electrons. The molecule has 43 heavy (non-hydrogen) atoms. The molecule has 1 amide bonds. The fourth-order valence-corrected chi connectivity index (χ4v) is 5.04. The first-order valence-electron chi connectivity index (χ1n) is 14.8. The first kappa shape index (κ1) is 31.3. The molecule has 0 saturated heterocycles. The maximum atomic E-state index is 13.4. The van der Waals surface area contributed by atoms with Gasteiger partial charge in [-0.2, -0.15) is 0 Å². The normalized spacial score (nSPS) is 10.7. The summed E-state index contributed by atoms with van der Waals surface area (Å²) in [5.74, 6) is 1.07. The molecule has 1 aromatic heterocycles. The number of amides is 1. The van der Waals surface area contributed by atoms with Gasteiger partial charge in [0, 0.05) is 42.9 Å². The Balaban J connectivity index is 1.72. The van der Waals surface area contributed by atoms with Crippen molar-refractivity contribution < 1.29 is 23.8 Å². The lowest BCUT2D eigenvalue weighted by molar-refractivity contribution is -0.142. The van der Waals surface area contributed by atoms with Crippen LogP contribution in [-0.4, -0.2) is 48.6 Å². The number of hydrogen-bond donors (Lipinski definition) is 0. The molecule has 4 aromatic rings. The number of benzene rings is 3. The van der Waals surface area contributed by atoms with Gasteiger partial charge in [0.05, 0.1) is 26.7 Å². The first-order valence-corrected chi connectivity index (χ1v) is 14.8. The van der Waals surface area contributed by atoms with Crippen molar-refractivity contribution in [1.29, 1.82) is 0 Å². The van der Waals surface area contributed by atoms with Gasteiger partial charge in [0.15, 0.2) is 0 Å². The van der Waals surface area contributed by atoms with Gasteiger partial charge in [0.2, 0.25) is 11.8 Å². The van der Waals surface area contributed by atoms with Crippen LogP contribution in [0.1, 0.15) is 43.9 Å². The Hall–Kier alpha value is -4.65. The van der Waals surface area contributed by atoms with Gasteiger partial charge >= 0.3 is 5.97 Å². The van der Waals surface area contributed by atoms with Gasteiger partial charge in [-0.15, -0.1) is 0 Å². The summed E-state index contributed by atoms with van der Waals surface area (Å²) in [6.07, 6.45) is 3.07. The van der Waals surface area contributed by atoms with E-state index in [4.69, 9.17) is 14.2 Å². The zero-order valence-corrected chi connectivity index (χ0v) is 25.5. The number of aromatic nitrogens is 1. The van der Waals surface area contributed by atoms with Crippen LogP contribution in [0.2, 0.25) is 0 Å². The standard InChI is InChI=1S/C36H40N2O5/c1-5-38(35(39)20-14-26-11-9-8-10-12-26)25-30-23-28(29-16-19-34(37-24-29)42-6-2)15-17-31(30)32-21-27(13-18-33(32)41-4)22-36(40)43-7-3/h8-13,15-19,21,23-24H,5-7,14,20,22,25H2,1-4H3. The summed E-state index contributed by atoms with van der Waals surface area (Å²) >= 11 is 0. The molecule has 0 N–H and O–H groups in total. The average Bonchev–Trinajstić information content (AvgIpc) is 3.03. The summed E-state index contributed by atoms with van der Waals surface area (Å²) in [7, 11) is 1.63. The number of carbonyl (C=O) groups excluding carboxylic acids is 2. The predicted octanol–water partition coefficient (Wildman–Crippen LogP) is 6.91. The molecule has 0 bridgehead atoms. The van der Waals surface area contributed by atoms with Gasteiger partial charge in [-0.1, -0.05) is 48.5 Å². The minimum absolute atomic E-state index is 0.0912. The van der Waals surface area contributed by atoms with Crippen LogP contribution >= 0.6 is 0 Å². The number of hydrogen-bond acceptors (Lipinski definition) is 6. The van der Waals surface area contributed by atoms with E-state index in [2.05, 4.69) is 17.1 Å². The van der Waals surface area contributed by atoms with Crippen LogP contribution in [-0.2, 0) is 33.7 Å². The number of esters is 1. The van der Waals surface area contributed by atoms with Crippen LogP contribution in [0.5, 0.6) is 11.6 Å². The zero-order chi connectivity index (χ0) is 30.6. The summed E-state index contributed by atoms with van der Waals surface area (Å²) in [6.45, 7) is 7.60. The van der Waals surface area contributed by atoms with Crippen molar-refractivity contribution in [2.45, 2.75) is 46.6 Å². The summed E-state index contributed by atoms with van der Waals surface area (Å²) in [4.78, 5) is 32.0. The molecular weight excluding hydrogens is 540 g/mol. The Morgan fingerprint density at radius 1 is 0.814 bits per heavy atom. The second kappa shape index (κ2) is 15.5. The Bertz CT molecular complexity index is 1500. The minimum Gasteiger partial charge on any atom is -0.496 e. The van der Waals surface area contributed by atoms with Gasteiger partial charge in [-0.25, -0.2) is 4.98 Å². The second-order valence-corrected chi connectivity index (χ2v) is 10.1. The molecule has 7 nitrogen and oxygen atoms in total. The number of ether oxygens (including phenoxy) is 3. The lowest BCUT2D eigenvalue weighted by atomic mass is 9.93. The highest BCUT2D eigenvalue weighted by atomic mass is 16.5. The van der Waals surface area contributed by atoms with Crippen LogP contribution in [0.25, 0.3) is 22.3 Å². The van der Waals surface area contributed by atoms with E-state index in [9.17, 15) is 9.59 Å². The lowest BCUT2D eigenvalue weighted by Gasteiger charge is -2.24. The first-order chi connectivity index (χ1) is 20.9. The number of pyridine rings is 1. The number of carbonyl (C=O) groups is 2. The summed E-state index contributed by atoms with van der Waals surface area (Å²) in [5.41, 5.74) is 6.63. The summed E-state index contributed by atoms with van der Waals surface area (Å²) < 4.78 is 16.5. The van der Waals surface area contributed by atoms with Gasteiger partial charge in [-0.3, -0.25) is 9.59 Å². The molecule has 0 unspecified atom stereocenters. The Morgan fingerprint density at radius 3 is 2.28 bits per heavy atom. The summed E-state index contributed by atoms with van der Waals surface area (Å²) in [5, 5.41) is 0. The maximum Gasteiger partial charge on any atom is 0.310 e. The SMILES string of the molecule is CCOC(=O)Cc1ccc(OC)c(-c2ccc(-c3ccc(OCC)nc3)cc2CN(CC)C(=O)CCc2ccccc2)c1. The summed E-state index contributed by atoms with van der Waals surface area (Å²) in [6, 6.07) is 25.8. The third-order valence-electron chi connectivity index (χ3n) is 7.24. The predicted molar refractivity (Wildman–Crippen MR) is 169 cm³/mol. The van der Waals surface area contributed by atoms with E-state index in [0.717, 1.165) is 38.9 Å². The second-order valence-electron chi connectivity index (χ2n) is 10.1. The molecule has 0 aliphatic heterocycles. The maximum absolute atomic E-state index is 13.4. The molecule has 224 valence electrons. The van der Waals surface area contributed by atoms with Crippen LogP contribution in [0.15, 0.2) is 85.1 Å². The van der Waals surface area contributed by atoms with E-state index in [1.165, 1.54) is 0 Å². The Morgan fingerprint density at radius 2 is 1.60 bits per heavy atom. The minimum atomic E-state index is -0.279. The van der Waals surface area contributed by atoms with Gasteiger partial charge in [0.1, 0.15) is 5.75 Å². The van der Waals surface area contributed by atoms with Crippen molar-refractivity contribution in [2.24, 2.45) is 0 Å². The Labute approximate surface area is 254 Å². The van der Waals surface area contributed by atoms with Crippen LogP contribution in [0.4, 0.5) is 0 Å².